The molecule has 0 radical (unpaired) electrons. The Balaban J connectivity index is 2.15. The van der Waals surface area contributed by atoms with Gasteiger partial charge in [0.1, 0.15) is 12.1 Å². The van der Waals surface area contributed by atoms with Crippen molar-refractivity contribution in [1.82, 2.24) is 4.90 Å². The molecule has 2 atom stereocenters. The van der Waals surface area contributed by atoms with Crippen molar-refractivity contribution in [2.75, 3.05) is 19.0 Å². The predicted molar refractivity (Wildman–Crippen MR) is 98.2 cm³/mol. The zero-order chi connectivity index (χ0) is 18.6. The molecule has 5 nitrogen and oxygen atoms in total. The minimum absolute atomic E-state index is 0.249. The third-order valence-corrected chi connectivity index (χ3v) is 6.22. The molecule has 0 bridgehead atoms. The monoisotopic (exact) mass is 346 g/mol. The highest BCUT2D eigenvalue weighted by atomic mass is 19.1. The van der Waals surface area contributed by atoms with E-state index >= 15 is 0 Å². The molecule has 1 heterocycles. The van der Waals surface area contributed by atoms with Gasteiger partial charge >= 0.3 is 0 Å². The molecule has 2 unspecified atom stereocenters. The molecular weight excluding hydrogens is 319 g/mol. The summed E-state index contributed by atoms with van der Waals surface area (Å²) in [5.41, 5.74) is 5.93. The first-order valence-electron chi connectivity index (χ1n) is 8.70. The van der Waals surface area contributed by atoms with Crippen LogP contribution in [0.4, 0.5) is 10.1 Å². The molecule has 3 rings (SSSR count). The Morgan fingerprint density at radius 3 is 2.56 bits per heavy atom. The summed E-state index contributed by atoms with van der Waals surface area (Å²) in [6.45, 7) is 5.74. The van der Waals surface area contributed by atoms with E-state index in [-0.39, 0.29) is 11.8 Å². The Labute approximate surface area is 148 Å². The minimum Gasteiger partial charge on any atom is -0.372 e. The lowest BCUT2D eigenvalue weighted by Gasteiger charge is -2.51. The van der Waals surface area contributed by atoms with Crippen molar-refractivity contribution < 1.29 is 9.18 Å². The summed E-state index contributed by atoms with van der Waals surface area (Å²) in [5, 5.41) is 0. The molecule has 136 valence electrons. The van der Waals surface area contributed by atoms with E-state index < -0.39 is 17.0 Å². The van der Waals surface area contributed by atoms with Gasteiger partial charge in [0.25, 0.3) is 0 Å². The zero-order valence-corrected chi connectivity index (χ0v) is 15.6. The smallest absolute Gasteiger partial charge is 0.192 e. The molecule has 1 aliphatic carbocycles. The molecule has 1 aromatic carbocycles. The number of nitrogens with zero attached hydrogens (tertiary/aromatic N) is 3. The van der Waals surface area contributed by atoms with E-state index in [1.54, 1.807) is 18.0 Å². The molecule has 1 fully saturated rings. The van der Waals surface area contributed by atoms with Gasteiger partial charge < -0.3 is 20.3 Å². The summed E-state index contributed by atoms with van der Waals surface area (Å²) < 4.78 is 14.8. The molecule has 0 amide bonds. The Hall–Kier alpha value is -2.11. The fourth-order valence-corrected chi connectivity index (χ4v) is 3.81. The average Bonchev–Trinajstić information content (AvgIpc) is 3.38. The van der Waals surface area contributed by atoms with Crippen LogP contribution in [-0.2, 0) is 10.3 Å². The predicted octanol–water partition coefficient (Wildman–Crippen LogP) is 2.49. The number of halogens is 1. The highest BCUT2D eigenvalue weighted by Gasteiger charge is 2.53. The second-order valence-electron chi connectivity index (χ2n) is 7.96. The number of carbonyl (C=O) groups excluding carboxylic acids is 1. The number of aldehydes is 1. The molecule has 1 saturated carbocycles. The van der Waals surface area contributed by atoms with Gasteiger partial charge in [-0.15, -0.1) is 0 Å². The number of guanidine groups is 1. The van der Waals surface area contributed by atoms with Crippen LogP contribution < -0.4 is 10.6 Å². The lowest BCUT2D eigenvalue weighted by molar-refractivity contribution is -0.116. The van der Waals surface area contributed by atoms with E-state index in [4.69, 9.17) is 5.73 Å². The SMILES string of the molecule is CN1C(N)=NC(C)(c2cc(N(C)C3CC3)ccc2F)C(C)(C)C1C=O. The van der Waals surface area contributed by atoms with Gasteiger partial charge in [0.2, 0.25) is 0 Å². The quantitative estimate of drug-likeness (QED) is 0.851. The third-order valence-electron chi connectivity index (χ3n) is 6.22. The van der Waals surface area contributed by atoms with Gasteiger partial charge in [-0.1, -0.05) is 13.8 Å². The van der Waals surface area contributed by atoms with Crippen molar-refractivity contribution in [2.45, 2.75) is 51.2 Å². The molecule has 0 aromatic heterocycles. The fraction of sp³-hybridized carbons (Fsp3) is 0.579. The van der Waals surface area contributed by atoms with Gasteiger partial charge in [0.05, 0.1) is 11.6 Å². The summed E-state index contributed by atoms with van der Waals surface area (Å²) in [7, 11) is 3.77. The number of anilines is 1. The molecule has 6 heteroatoms. The largest absolute Gasteiger partial charge is 0.372 e. The van der Waals surface area contributed by atoms with E-state index in [0.29, 0.717) is 11.6 Å². The maximum absolute atomic E-state index is 14.8. The number of aliphatic imine (C=N–C) groups is 1. The minimum atomic E-state index is -0.945. The van der Waals surface area contributed by atoms with Gasteiger partial charge in [-0.3, -0.25) is 0 Å². The number of likely N-dealkylation sites (N-methyl/N-ethyl adjacent to an activating group) is 1. The zero-order valence-electron chi connectivity index (χ0n) is 15.6. The number of benzene rings is 1. The molecule has 1 aliphatic heterocycles. The van der Waals surface area contributed by atoms with Gasteiger partial charge in [0, 0.05) is 36.8 Å². The highest BCUT2D eigenvalue weighted by Crippen LogP contribution is 2.50. The van der Waals surface area contributed by atoms with Crippen molar-refractivity contribution >= 4 is 17.9 Å². The first-order valence-corrected chi connectivity index (χ1v) is 8.70. The normalized spacial score (nSPS) is 28.5. The van der Waals surface area contributed by atoms with Crippen LogP contribution in [0.15, 0.2) is 23.2 Å². The van der Waals surface area contributed by atoms with Crippen molar-refractivity contribution in [3.63, 3.8) is 0 Å². The third kappa shape index (κ3) is 2.58. The van der Waals surface area contributed by atoms with Gasteiger partial charge in [0.15, 0.2) is 5.96 Å². The van der Waals surface area contributed by atoms with Crippen LogP contribution in [0.2, 0.25) is 0 Å². The molecule has 2 N–H and O–H groups in total. The standard InChI is InChI=1S/C19H27FN4O/c1-18(2)16(11-25)24(5)17(21)22-19(18,3)14-10-13(8-9-15(14)20)23(4)12-6-7-12/h8-12,16H,6-7H2,1-5H3,(H2,21,22). The highest BCUT2D eigenvalue weighted by molar-refractivity contribution is 5.84. The van der Waals surface area contributed by atoms with E-state index in [0.717, 1.165) is 24.8 Å². The topological polar surface area (TPSA) is 61.9 Å². The first-order chi connectivity index (χ1) is 11.6. The molecule has 2 aliphatic rings. The Morgan fingerprint density at radius 2 is 2.00 bits per heavy atom. The van der Waals surface area contributed by atoms with Crippen LogP contribution in [0.1, 0.15) is 39.2 Å². The number of rotatable bonds is 4. The number of hydrogen-bond acceptors (Lipinski definition) is 5. The fourth-order valence-electron chi connectivity index (χ4n) is 3.81. The molecular formula is C19H27FN4O. The summed E-state index contributed by atoms with van der Waals surface area (Å²) in [5.74, 6) is -0.0754. The van der Waals surface area contributed by atoms with E-state index in [1.807, 2.05) is 33.9 Å². The second-order valence-corrected chi connectivity index (χ2v) is 7.96. The Bertz CT molecular complexity index is 728. The summed E-state index contributed by atoms with van der Waals surface area (Å²) in [6, 6.07) is 5.18. The maximum Gasteiger partial charge on any atom is 0.192 e. The van der Waals surface area contributed by atoms with Crippen molar-refractivity contribution in [3.05, 3.63) is 29.6 Å². The number of carbonyl (C=O) groups is 1. The average molecular weight is 346 g/mol. The first kappa shape index (κ1) is 17.7. The summed E-state index contributed by atoms with van der Waals surface area (Å²) in [4.78, 5) is 20.2. The van der Waals surface area contributed by atoms with Crippen LogP contribution in [-0.4, -0.2) is 43.3 Å². The molecule has 0 saturated heterocycles. The van der Waals surface area contributed by atoms with Crippen molar-refractivity contribution in [1.29, 1.82) is 0 Å². The van der Waals surface area contributed by atoms with Gasteiger partial charge in [-0.05, 0) is 38.0 Å². The molecule has 1 aromatic rings. The van der Waals surface area contributed by atoms with Crippen LogP contribution >= 0.6 is 0 Å². The van der Waals surface area contributed by atoms with Gasteiger partial charge in [-0.25, -0.2) is 9.38 Å². The van der Waals surface area contributed by atoms with E-state index in [2.05, 4.69) is 9.89 Å². The Morgan fingerprint density at radius 1 is 1.36 bits per heavy atom. The van der Waals surface area contributed by atoms with E-state index in [1.165, 1.54) is 6.07 Å². The summed E-state index contributed by atoms with van der Waals surface area (Å²) >= 11 is 0. The van der Waals surface area contributed by atoms with Gasteiger partial charge in [-0.2, -0.15) is 0 Å². The second kappa shape index (κ2) is 5.71. The number of nitrogens with two attached hydrogens (primary N) is 1. The molecule has 25 heavy (non-hydrogen) atoms. The lowest BCUT2D eigenvalue weighted by atomic mass is 9.64. The maximum atomic E-state index is 14.8. The van der Waals surface area contributed by atoms with Crippen LogP contribution in [0, 0.1) is 11.2 Å². The van der Waals surface area contributed by atoms with Crippen molar-refractivity contribution in [3.8, 4) is 0 Å². The van der Waals surface area contributed by atoms with Crippen molar-refractivity contribution in [2.24, 2.45) is 16.1 Å². The molecule has 0 spiro atoms. The summed E-state index contributed by atoms with van der Waals surface area (Å²) in [6.07, 6.45) is 3.20. The van der Waals surface area contributed by atoms with Crippen LogP contribution in [0.3, 0.4) is 0 Å². The lowest BCUT2D eigenvalue weighted by Crippen LogP contribution is -2.61. The van der Waals surface area contributed by atoms with Crippen LogP contribution in [0.5, 0.6) is 0 Å². The van der Waals surface area contributed by atoms with E-state index in [9.17, 15) is 9.18 Å². The number of hydrogen-bond donors (Lipinski definition) is 1. The Kier molecular flexibility index (Phi) is 4.05. The van der Waals surface area contributed by atoms with Crippen LogP contribution in [0.25, 0.3) is 0 Å².